The molecule has 0 aromatic heterocycles. The van der Waals surface area contributed by atoms with Gasteiger partial charge in [0.05, 0.1) is 17.9 Å². The Morgan fingerprint density at radius 2 is 1.50 bits per heavy atom. The number of nitrogens with one attached hydrogen (secondary N) is 1. The fourth-order valence-corrected chi connectivity index (χ4v) is 4.20. The van der Waals surface area contributed by atoms with E-state index in [1.54, 1.807) is 0 Å². The Kier molecular flexibility index (Phi) is 5.60. The van der Waals surface area contributed by atoms with Crippen LogP contribution in [-0.4, -0.2) is 18.4 Å². The van der Waals surface area contributed by atoms with E-state index >= 15 is 0 Å². The van der Waals surface area contributed by atoms with E-state index in [0.717, 1.165) is 22.1 Å². The van der Waals surface area contributed by atoms with Gasteiger partial charge in [0.25, 0.3) is 11.8 Å². The number of aryl methyl sites for hydroxylation is 1. The zero-order chi connectivity index (χ0) is 23.7. The maximum Gasteiger partial charge on any atom is 0.282 e. The van der Waals surface area contributed by atoms with Gasteiger partial charge in [-0.2, -0.15) is 0 Å². The molecule has 0 fully saturated rings. The van der Waals surface area contributed by atoms with Gasteiger partial charge in [-0.3, -0.25) is 9.59 Å². The first-order chi connectivity index (χ1) is 16.6. The molecule has 34 heavy (non-hydrogen) atoms. The smallest absolute Gasteiger partial charge is 0.282 e. The van der Waals surface area contributed by atoms with Crippen molar-refractivity contribution in [3.05, 3.63) is 108 Å². The third-order valence-electron chi connectivity index (χ3n) is 5.87. The number of imide groups is 1. The van der Waals surface area contributed by atoms with Crippen molar-refractivity contribution in [3.63, 3.8) is 0 Å². The summed E-state index contributed by atoms with van der Waals surface area (Å²) in [5.74, 6) is 0.0106. The van der Waals surface area contributed by atoms with Crippen LogP contribution in [0.1, 0.15) is 18.1 Å². The first-order valence-electron chi connectivity index (χ1n) is 11.2. The van der Waals surface area contributed by atoms with E-state index in [9.17, 15) is 9.59 Å². The first kappa shape index (κ1) is 21.5. The molecule has 4 aromatic rings. The molecule has 1 N–H and O–H groups in total. The number of ether oxygens (including phenoxy) is 1. The minimum absolute atomic E-state index is 0.256. The van der Waals surface area contributed by atoms with E-state index in [4.69, 9.17) is 4.74 Å². The molecule has 1 aliphatic heterocycles. The van der Waals surface area contributed by atoms with Gasteiger partial charge in [0.1, 0.15) is 11.4 Å². The van der Waals surface area contributed by atoms with Crippen molar-refractivity contribution in [1.82, 2.24) is 0 Å². The molecule has 0 atom stereocenters. The van der Waals surface area contributed by atoms with Crippen molar-refractivity contribution >= 4 is 39.5 Å². The SMILES string of the molecule is CCOc1ccc(NC2=C(c3ccc(C)cc3)C(=O)N(c3cccc4ccccc34)C2=O)cc1. The van der Waals surface area contributed by atoms with E-state index in [1.165, 1.54) is 4.90 Å². The molecular weight excluding hydrogens is 424 g/mol. The Morgan fingerprint density at radius 1 is 0.794 bits per heavy atom. The van der Waals surface area contributed by atoms with E-state index < -0.39 is 0 Å². The second-order valence-electron chi connectivity index (χ2n) is 8.14. The predicted molar refractivity (Wildman–Crippen MR) is 136 cm³/mol. The van der Waals surface area contributed by atoms with Gasteiger partial charge < -0.3 is 10.1 Å². The van der Waals surface area contributed by atoms with Crippen LogP contribution in [0.15, 0.2) is 96.7 Å². The molecule has 0 spiro atoms. The van der Waals surface area contributed by atoms with Crippen molar-refractivity contribution in [2.24, 2.45) is 0 Å². The minimum atomic E-state index is -0.384. The Hall–Kier alpha value is -4.38. The van der Waals surface area contributed by atoms with Crippen LogP contribution in [0.3, 0.4) is 0 Å². The third kappa shape index (κ3) is 3.82. The summed E-state index contributed by atoms with van der Waals surface area (Å²) in [4.78, 5) is 28.8. The lowest BCUT2D eigenvalue weighted by atomic mass is 10.0. The molecule has 0 unspecified atom stereocenters. The highest BCUT2D eigenvalue weighted by molar-refractivity contribution is 6.47. The van der Waals surface area contributed by atoms with Crippen molar-refractivity contribution in [2.75, 3.05) is 16.8 Å². The lowest BCUT2D eigenvalue weighted by molar-refractivity contribution is -0.120. The molecule has 5 heteroatoms. The summed E-state index contributed by atoms with van der Waals surface area (Å²) in [6, 6.07) is 28.4. The largest absolute Gasteiger partial charge is 0.494 e. The van der Waals surface area contributed by atoms with Crippen LogP contribution in [0.4, 0.5) is 11.4 Å². The number of carbonyl (C=O) groups is 2. The molecule has 4 aromatic carbocycles. The Morgan fingerprint density at radius 3 is 2.24 bits per heavy atom. The highest BCUT2D eigenvalue weighted by Crippen LogP contribution is 2.37. The average Bonchev–Trinajstić information content (AvgIpc) is 3.09. The summed E-state index contributed by atoms with van der Waals surface area (Å²) in [7, 11) is 0. The number of nitrogens with zero attached hydrogens (tertiary/aromatic N) is 1. The number of carbonyl (C=O) groups excluding carboxylic acids is 2. The Labute approximate surface area is 198 Å². The number of fused-ring (bicyclic) bond motifs is 1. The number of hydrogen-bond donors (Lipinski definition) is 1. The third-order valence-corrected chi connectivity index (χ3v) is 5.87. The number of anilines is 2. The average molecular weight is 449 g/mol. The summed E-state index contributed by atoms with van der Waals surface area (Å²) in [6.45, 7) is 4.49. The Balaban J connectivity index is 1.61. The fraction of sp³-hybridized carbons (Fsp3) is 0.103. The maximum atomic E-state index is 13.8. The summed E-state index contributed by atoms with van der Waals surface area (Å²) in [5, 5.41) is 5.02. The molecule has 0 bridgehead atoms. The fourth-order valence-electron chi connectivity index (χ4n) is 4.20. The second kappa shape index (κ2) is 8.87. The summed E-state index contributed by atoms with van der Waals surface area (Å²) in [5.41, 5.74) is 3.65. The quantitative estimate of drug-likeness (QED) is 0.371. The topological polar surface area (TPSA) is 58.6 Å². The van der Waals surface area contributed by atoms with Gasteiger partial charge >= 0.3 is 0 Å². The number of amides is 2. The predicted octanol–water partition coefficient (Wildman–Crippen LogP) is 5.94. The van der Waals surface area contributed by atoms with Gasteiger partial charge in [0.2, 0.25) is 0 Å². The summed E-state index contributed by atoms with van der Waals surface area (Å²) < 4.78 is 5.52. The van der Waals surface area contributed by atoms with Crippen LogP contribution in [-0.2, 0) is 9.59 Å². The van der Waals surface area contributed by atoms with E-state index in [2.05, 4.69) is 5.32 Å². The number of rotatable bonds is 6. The molecule has 5 nitrogen and oxygen atoms in total. The van der Waals surface area contributed by atoms with Crippen molar-refractivity contribution in [3.8, 4) is 5.75 Å². The number of benzene rings is 4. The molecule has 0 aliphatic carbocycles. The van der Waals surface area contributed by atoms with Crippen LogP contribution < -0.4 is 15.0 Å². The molecule has 0 radical (unpaired) electrons. The van der Waals surface area contributed by atoms with Crippen LogP contribution in [0.2, 0.25) is 0 Å². The molecule has 1 heterocycles. The van der Waals surface area contributed by atoms with Crippen molar-refractivity contribution in [2.45, 2.75) is 13.8 Å². The zero-order valence-electron chi connectivity index (χ0n) is 19.0. The molecular formula is C29H24N2O3. The van der Waals surface area contributed by atoms with E-state index in [1.807, 2.05) is 105 Å². The highest BCUT2D eigenvalue weighted by atomic mass is 16.5. The van der Waals surface area contributed by atoms with Gasteiger partial charge in [-0.15, -0.1) is 0 Å². The van der Waals surface area contributed by atoms with Crippen LogP contribution in [0.25, 0.3) is 16.3 Å². The van der Waals surface area contributed by atoms with Gasteiger partial charge in [-0.25, -0.2) is 4.90 Å². The Bertz CT molecular complexity index is 1410. The van der Waals surface area contributed by atoms with Gasteiger partial charge in [0, 0.05) is 11.1 Å². The normalized spacial score (nSPS) is 13.6. The lowest BCUT2D eigenvalue weighted by Gasteiger charge is -2.18. The summed E-state index contributed by atoms with van der Waals surface area (Å²) in [6.07, 6.45) is 0. The van der Waals surface area contributed by atoms with Crippen molar-refractivity contribution < 1.29 is 14.3 Å². The maximum absolute atomic E-state index is 13.8. The van der Waals surface area contributed by atoms with Crippen LogP contribution in [0.5, 0.6) is 5.75 Å². The standard InChI is InChI=1S/C29H24N2O3/c1-3-34-23-17-15-22(16-18-23)30-27-26(21-13-11-19(2)12-14-21)28(32)31(29(27)33)25-10-6-8-20-7-4-5-9-24(20)25/h4-18,30H,3H2,1-2H3. The zero-order valence-corrected chi connectivity index (χ0v) is 19.0. The molecule has 0 saturated carbocycles. The highest BCUT2D eigenvalue weighted by Gasteiger charge is 2.40. The summed E-state index contributed by atoms with van der Waals surface area (Å²) >= 11 is 0. The molecule has 2 amide bonds. The van der Waals surface area contributed by atoms with E-state index in [0.29, 0.717) is 29.1 Å². The van der Waals surface area contributed by atoms with Crippen LogP contribution in [0, 0.1) is 6.92 Å². The molecule has 5 rings (SSSR count). The lowest BCUT2D eigenvalue weighted by Crippen LogP contribution is -2.32. The molecule has 168 valence electrons. The monoisotopic (exact) mass is 448 g/mol. The number of hydrogen-bond acceptors (Lipinski definition) is 4. The first-order valence-corrected chi connectivity index (χ1v) is 11.2. The minimum Gasteiger partial charge on any atom is -0.494 e. The molecule has 0 saturated heterocycles. The van der Waals surface area contributed by atoms with Gasteiger partial charge in [-0.05, 0) is 55.1 Å². The molecule has 1 aliphatic rings. The second-order valence-corrected chi connectivity index (χ2v) is 8.14. The van der Waals surface area contributed by atoms with Gasteiger partial charge in [0.15, 0.2) is 0 Å². The van der Waals surface area contributed by atoms with E-state index in [-0.39, 0.29) is 17.5 Å². The van der Waals surface area contributed by atoms with Gasteiger partial charge in [-0.1, -0.05) is 66.2 Å². The van der Waals surface area contributed by atoms with Crippen molar-refractivity contribution in [1.29, 1.82) is 0 Å². The van der Waals surface area contributed by atoms with Crippen LogP contribution >= 0.6 is 0 Å².